The van der Waals surface area contributed by atoms with Crippen molar-refractivity contribution < 1.29 is 14.4 Å². The third kappa shape index (κ3) is 6.17. The van der Waals surface area contributed by atoms with Gasteiger partial charge < -0.3 is 15.5 Å². The van der Waals surface area contributed by atoms with Crippen molar-refractivity contribution in [2.45, 2.75) is 33.1 Å². The summed E-state index contributed by atoms with van der Waals surface area (Å²) in [5.74, 6) is -0.207. The molecule has 2 N–H and O–H groups in total. The van der Waals surface area contributed by atoms with Crippen LogP contribution < -0.4 is 10.6 Å². The molecule has 0 spiro atoms. The van der Waals surface area contributed by atoms with Gasteiger partial charge >= 0.3 is 0 Å². The first-order valence-corrected chi connectivity index (χ1v) is 10.4. The van der Waals surface area contributed by atoms with Crippen molar-refractivity contribution in [1.29, 1.82) is 0 Å². The van der Waals surface area contributed by atoms with Crippen LogP contribution in [0.3, 0.4) is 0 Å². The minimum atomic E-state index is -0.348. The molecule has 2 aromatic rings. The van der Waals surface area contributed by atoms with Gasteiger partial charge in [-0.2, -0.15) is 0 Å². The fraction of sp³-hybridized carbons (Fsp3) is 0.375. The number of hydrogen-bond acceptors (Lipinski definition) is 3. The number of nitrogens with one attached hydrogen (secondary N) is 2. The molecule has 1 fully saturated rings. The summed E-state index contributed by atoms with van der Waals surface area (Å²) in [4.78, 5) is 38.5. The smallest absolute Gasteiger partial charge is 0.229 e. The fourth-order valence-corrected chi connectivity index (χ4v) is 3.54. The van der Waals surface area contributed by atoms with Gasteiger partial charge in [0.1, 0.15) is 0 Å². The average molecular weight is 408 g/mol. The van der Waals surface area contributed by atoms with Crippen molar-refractivity contribution in [2.24, 2.45) is 11.8 Å². The first kappa shape index (κ1) is 21.6. The van der Waals surface area contributed by atoms with E-state index in [4.69, 9.17) is 0 Å². The number of anilines is 2. The number of carbonyl (C=O) groups is 3. The van der Waals surface area contributed by atoms with Crippen LogP contribution in [0.25, 0.3) is 0 Å². The van der Waals surface area contributed by atoms with Crippen LogP contribution in [0.2, 0.25) is 0 Å². The molecule has 1 heterocycles. The number of nitrogens with zero attached hydrogens (tertiary/aromatic N) is 1. The predicted molar refractivity (Wildman–Crippen MR) is 118 cm³/mol. The molecule has 1 aliphatic rings. The van der Waals surface area contributed by atoms with Crippen LogP contribution in [0.4, 0.5) is 11.4 Å². The first-order valence-electron chi connectivity index (χ1n) is 10.4. The van der Waals surface area contributed by atoms with Crippen molar-refractivity contribution in [3.05, 3.63) is 60.2 Å². The lowest BCUT2D eigenvalue weighted by Crippen LogP contribution is -2.30. The Morgan fingerprint density at radius 1 is 1.00 bits per heavy atom. The summed E-state index contributed by atoms with van der Waals surface area (Å²) in [5, 5.41) is 5.73. The fourth-order valence-electron chi connectivity index (χ4n) is 3.54. The van der Waals surface area contributed by atoms with Crippen LogP contribution >= 0.6 is 0 Å². The van der Waals surface area contributed by atoms with Gasteiger partial charge in [0.15, 0.2) is 0 Å². The lowest BCUT2D eigenvalue weighted by Gasteiger charge is -2.16. The maximum absolute atomic E-state index is 12.6. The summed E-state index contributed by atoms with van der Waals surface area (Å²) >= 11 is 0. The SMILES string of the molecule is CC(C)CC(=O)Nc1ccc(NC(=O)C2CC(=O)N(CCc3ccccc3)C2)cc1. The van der Waals surface area contributed by atoms with Gasteiger partial charge in [0.2, 0.25) is 17.7 Å². The molecule has 0 radical (unpaired) electrons. The quantitative estimate of drug-likeness (QED) is 0.700. The molecule has 0 aromatic heterocycles. The van der Waals surface area contributed by atoms with E-state index < -0.39 is 0 Å². The second kappa shape index (κ2) is 10.1. The molecule has 1 unspecified atom stereocenters. The summed E-state index contributed by atoms with van der Waals surface area (Å²) in [7, 11) is 0. The van der Waals surface area contributed by atoms with Crippen molar-refractivity contribution >= 4 is 29.1 Å². The van der Waals surface area contributed by atoms with Crippen LogP contribution in [0.5, 0.6) is 0 Å². The van der Waals surface area contributed by atoms with Crippen molar-refractivity contribution in [2.75, 3.05) is 23.7 Å². The summed E-state index contributed by atoms with van der Waals surface area (Å²) in [5.41, 5.74) is 2.53. The van der Waals surface area contributed by atoms with E-state index in [9.17, 15) is 14.4 Å². The van der Waals surface area contributed by atoms with Gasteiger partial charge in [-0.15, -0.1) is 0 Å². The summed E-state index contributed by atoms with van der Waals surface area (Å²) in [6, 6.07) is 17.1. The van der Waals surface area contributed by atoms with E-state index >= 15 is 0 Å². The highest BCUT2D eigenvalue weighted by Gasteiger charge is 2.34. The molecule has 6 nitrogen and oxygen atoms in total. The molecule has 1 saturated heterocycles. The summed E-state index contributed by atoms with van der Waals surface area (Å²) < 4.78 is 0. The third-order valence-corrected chi connectivity index (χ3v) is 5.13. The molecule has 6 heteroatoms. The van der Waals surface area contributed by atoms with Gasteiger partial charge in [0.25, 0.3) is 0 Å². The molecule has 3 rings (SSSR count). The van der Waals surface area contributed by atoms with Gasteiger partial charge in [-0.3, -0.25) is 14.4 Å². The first-order chi connectivity index (χ1) is 14.4. The van der Waals surface area contributed by atoms with Gasteiger partial charge in [0.05, 0.1) is 5.92 Å². The molecule has 1 atom stereocenters. The molecule has 1 aliphatic heterocycles. The summed E-state index contributed by atoms with van der Waals surface area (Å²) in [6.07, 6.45) is 1.49. The Hall–Kier alpha value is -3.15. The average Bonchev–Trinajstić information content (AvgIpc) is 3.09. The minimum absolute atomic E-state index is 0.0225. The highest BCUT2D eigenvalue weighted by Crippen LogP contribution is 2.21. The van der Waals surface area contributed by atoms with Crippen molar-refractivity contribution in [3.8, 4) is 0 Å². The Kier molecular flexibility index (Phi) is 7.22. The molecule has 0 saturated carbocycles. The molecule has 0 aliphatic carbocycles. The molecule has 30 heavy (non-hydrogen) atoms. The number of likely N-dealkylation sites (tertiary alicyclic amines) is 1. The van der Waals surface area contributed by atoms with E-state index in [0.717, 1.165) is 6.42 Å². The van der Waals surface area contributed by atoms with Gasteiger partial charge in [-0.05, 0) is 42.2 Å². The molecule has 2 aromatic carbocycles. The van der Waals surface area contributed by atoms with Crippen LogP contribution in [0.1, 0.15) is 32.3 Å². The van der Waals surface area contributed by atoms with Gasteiger partial charge in [-0.25, -0.2) is 0 Å². The maximum atomic E-state index is 12.6. The van der Waals surface area contributed by atoms with E-state index in [1.807, 2.05) is 44.2 Å². The topological polar surface area (TPSA) is 78.5 Å². The van der Waals surface area contributed by atoms with E-state index in [1.54, 1.807) is 29.2 Å². The largest absolute Gasteiger partial charge is 0.342 e. The minimum Gasteiger partial charge on any atom is -0.342 e. The van der Waals surface area contributed by atoms with Gasteiger partial charge in [0, 0.05) is 37.3 Å². The number of carbonyl (C=O) groups excluding carboxylic acids is 3. The molecule has 0 bridgehead atoms. The van der Waals surface area contributed by atoms with Gasteiger partial charge in [-0.1, -0.05) is 44.2 Å². The zero-order valence-corrected chi connectivity index (χ0v) is 17.6. The number of amides is 3. The van der Waals surface area contributed by atoms with Crippen molar-refractivity contribution in [1.82, 2.24) is 4.90 Å². The Bertz CT molecular complexity index is 878. The van der Waals surface area contributed by atoms with E-state index in [1.165, 1.54) is 5.56 Å². The predicted octanol–water partition coefficient (Wildman–Crippen LogP) is 3.70. The number of benzene rings is 2. The van der Waals surface area contributed by atoms with Crippen LogP contribution in [0, 0.1) is 11.8 Å². The van der Waals surface area contributed by atoms with E-state index in [2.05, 4.69) is 10.6 Å². The molecular weight excluding hydrogens is 378 g/mol. The zero-order valence-electron chi connectivity index (χ0n) is 17.6. The third-order valence-electron chi connectivity index (χ3n) is 5.13. The zero-order chi connectivity index (χ0) is 21.5. The standard InChI is InChI=1S/C24H29N3O3/c1-17(2)14-22(28)25-20-8-10-21(11-9-20)26-24(30)19-15-23(29)27(16-19)13-12-18-6-4-3-5-7-18/h3-11,17,19H,12-16H2,1-2H3,(H,25,28)(H,26,30). The summed E-state index contributed by atoms with van der Waals surface area (Å²) in [6.45, 7) is 5.06. The Morgan fingerprint density at radius 3 is 2.27 bits per heavy atom. The second-order valence-electron chi connectivity index (χ2n) is 8.19. The highest BCUT2D eigenvalue weighted by atomic mass is 16.2. The normalized spacial score (nSPS) is 16.0. The second-order valence-corrected chi connectivity index (χ2v) is 8.19. The van der Waals surface area contributed by atoms with Crippen LogP contribution in [-0.4, -0.2) is 35.7 Å². The lowest BCUT2D eigenvalue weighted by molar-refractivity contribution is -0.128. The Balaban J connectivity index is 1.48. The maximum Gasteiger partial charge on any atom is 0.229 e. The van der Waals surface area contributed by atoms with Crippen LogP contribution in [-0.2, 0) is 20.8 Å². The molecular formula is C24H29N3O3. The molecule has 158 valence electrons. The van der Waals surface area contributed by atoms with E-state index in [0.29, 0.717) is 36.8 Å². The van der Waals surface area contributed by atoms with E-state index in [-0.39, 0.29) is 30.1 Å². The van der Waals surface area contributed by atoms with Crippen LogP contribution in [0.15, 0.2) is 54.6 Å². The monoisotopic (exact) mass is 407 g/mol. The highest BCUT2D eigenvalue weighted by molar-refractivity contribution is 5.97. The van der Waals surface area contributed by atoms with Crippen molar-refractivity contribution in [3.63, 3.8) is 0 Å². The molecule has 3 amide bonds. The Labute approximate surface area is 177 Å². The number of rotatable bonds is 8. The Morgan fingerprint density at radius 2 is 1.63 bits per heavy atom. The lowest BCUT2D eigenvalue weighted by atomic mass is 10.1. The number of hydrogen-bond donors (Lipinski definition) is 2.